The lowest BCUT2D eigenvalue weighted by Crippen LogP contribution is -2.35. The number of nitrogens with zero attached hydrogens (tertiary/aromatic N) is 3. The van der Waals surface area contributed by atoms with E-state index in [2.05, 4.69) is 55.9 Å². The summed E-state index contributed by atoms with van der Waals surface area (Å²) in [4.78, 5) is 11.3. The lowest BCUT2D eigenvalue weighted by molar-refractivity contribution is 0.115. The van der Waals surface area contributed by atoms with Crippen LogP contribution in [0, 0.1) is 3.57 Å². The van der Waals surface area contributed by atoms with Crippen LogP contribution in [-0.2, 0) is 0 Å². The molecule has 0 atom stereocenters. The Balaban J connectivity index is 0.00000160. The van der Waals surface area contributed by atoms with E-state index in [4.69, 9.17) is 9.47 Å². The molecule has 2 heterocycles. The van der Waals surface area contributed by atoms with Crippen molar-refractivity contribution in [3.05, 3.63) is 46.3 Å². The molecule has 0 amide bonds. The molecule has 1 saturated heterocycles. The van der Waals surface area contributed by atoms with E-state index in [0.29, 0.717) is 0 Å². The van der Waals surface area contributed by atoms with Crippen LogP contribution < -0.4 is 14.8 Å². The third-order valence-corrected chi connectivity index (χ3v) is 5.94. The fourth-order valence-corrected chi connectivity index (χ4v) is 3.93. The number of piperidine rings is 1. The van der Waals surface area contributed by atoms with E-state index in [9.17, 15) is 0 Å². The SMILES string of the molecule is COc1cc(OC2CCN(C)CC2)c2c(Nc3ccccc3I)ncnc2c1.Cl.Cl. The van der Waals surface area contributed by atoms with Gasteiger partial charge in [-0.1, -0.05) is 12.1 Å². The highest BCUT2D eigenvalue weighted by molar-refractivity contribution is 14.1. The molecule has 6 nitrogen and oxygen atoms in total. The molecule has 0 saturated carbocycles. The summed E-state index contributed by atoms with van der Waals surface area (Å²) >= 11 is 2.32. The normalized spacial score (nSPS) is 14.5. The van der Waals surface area contributed by atoms with Crippen molar-refractivity contribution in [1.82, 2.24) is 14.9 Å². The Bertz CT molecular complexity index is 984. The van der Waals surface area contributed by atoms with Gasteiger partial charge < -0.3 is 19.7 Å². The van der Waals surface area contributed by atoms with Crippen LogP contribution in [0.1, 0.15) is 12.8 Å². The predicted octanol–water partition coefficient (Wildman–Crippen LogP) is 5.30. The van der Waals surface area contributed by atoms with Crippen LogP contribution >= 0.6 is 47.4 Å². The Morgan fingerprint density at radius 3 is 2.53 bits per heavy atom. The first-order valence-corrected chi connectivity index (χ1v) is 10.4. The molecule has 2 aromatic carbocycles. The summed E-state index contributed by atoms with van der Waals surface area (Å²) in [7, 11) is 3.81. The van der Waals surface area contributed by atoms with Gasteiger partial charge in [-0.2, -0.15) is 0 Å². The van der Waals surface area contributed by atoms with E-state index in [0.717, 1.165) is 63.4 Å². The summed E-state index contributed by atoms with van der Waals surface area (Å²) in [6.45, 7) is 2.08. The lowest BCUT2D eigenvalue weighted by atomic mass is 10.1. The van der Waals surface area contributed by atoms with Gasteiger partial charge in [-0.05, 0) is 54.6 Å². The maximum atomic E-state index is 6.44. The first-order valence-electron chi connectivity index (χ1n) is 9.33. The Labute approximate surface area is 202 Å². The Hall–Kier alpha value is -1.55. The second-order valence-electron chi connectivity index (χ2n) is 6.97. The van der Waals surface area contributed by atoms with E-state index in [1.54, 1.807) is 13.4 Å². The fraction of sp³-hybridized carbons (Fsp3) is 0.333. The Morgan fingerprint density at radius 1 is 1.10 bits per heavy atom. The van der Waals surface area contributed by atoms with Crippen molar-refractivity contribution in [2.45, 2.75) is 18.9 Å². The van der Waals surface area contributed by atoms with Gasteiger partial charge in [0.1, 0.15) is 29.7 Å². The molecule has 0 spiro atoms. The molecule has 1 aromatic heterocycles. The molecule has 1 aliphatic heterocycles. The number of rotatable bonds is 5. The average molecular weight is 563 g/mol. The molecule has 3 aromatic rings. The van der Waals surface area contributed by atoms with E-state index in [1.165, 1.54) is 0 Å². The maximum Gasteiger partial charge on any atom is 0.145 e. The number of likely N-dealkylation sites (tertiary alicyclic amines) is 1. The summed E-state index contributed by atoms with van der Waals surface area (Å²) in [5.74, 6) is 2.23. The minimum absolute atomic E-state index is 0. The zero-order chi connectivity index (χ0) is 19.5. The molecule has 1 fully saturated rings. The number of nitrogens with one attached hydrogen (secondary N) is 1. The maximum absolute atomic E-state index is 6.44. The van der Waals surface area contributed by atoms with Crippen LogP contribution in [-0.4, -0.2) is 48.2 Å². The second kappa shape index (κ2) is 11.2. The summed E-state index contributed by atoms with van der Waals surface area (Å²) in [6, 6.07) is 12.0. The molecule has 30 heavy (non-hydrogen) atoms. The average Bonchev–Trinajstić information content (AvgIpc) is 2.71. The monoisotopic (exact) mass is 562 g/mol. The molecular formula is C21H25Cl2IN4O2. The highest BCUT2D eigenvalue weighted by Gasteiger charge is 2.21. The quantitative estimate of drug-likeness (QED) is 0.426. The van der Waals surface area contributed by atoms with Crippen molar-refractivity contribution in [3.63, 3.8) is 0 Å². The number of para-hydroxylation sites is 1. The van der Waals surface area contributed by atoms with Gasteiger partial charge in [0.05, 0.1) is 23.7 Å². The molecule has 162 valence electrons. The molecular weight excluding hydrogens is 538 g/mol. The number of fused-ring (bicyclic) bond motifs is 1. The van der Waals surface area contributed by atoms with Crippen LogP contribution in [0.25, 0.3) is 10.9 Å². The van der Waals surface area contributed by atoms with E-state index >= 15 is 0 Å². The molecule has 1 aliphatic rings. The van der Waals surface area contributed by atoms with Crippen LogP contribution in [0.15, 0.2) is 42.7 Å². The number of hydrogen-bond acceptors (Lipinski definition) is 6. The van der Waals surface area contributed by atoms with Gasteiger partial charge in [0.2, 0.25) is 0 Å². The van der Waals surface area contributed by atoms with Crippen molar-refractivity contribution in [2.24, 2.45) is 0 Å². The first-order chi connectivity index (χ1) is 13.6. The zero-order valence-corrected chi connectivity index (χ0v) is 20.6. The van der Waals surface area contributed by atoms with Crippen molar-refractivity contribution >= 4 is 69.8 Å². The minimum atomic E-state index is 0. The summed E-state index contributed by atoms with van der Waals surface area (Å²) < 4.78 is 13.0. The third kappa shape index (κ3) is 5.57. The predicted molar refractivity (Wildman–Crippen MR) is 134 cm³/mol. The number of benzene rings is 2. The van der Waals surface area contributed by atoms with Crippen LogP contribution in [0.2, 0.25) is 0 Å². The number of methoxy groups -OCH3 is 1. The molecule has 0 radical (unpaired) electrons. The Morgan fingerprint density at radius 2 is 1.83 bits per heavy atom. The van der Waals surface area contributed by atoms with Crippen molar-refractivity contribution < 1.29 is 9.47 Å². The summed E-state index contributed by atoms with van der Waals surface area (Å²) in [5, 5.41) is 4.33. The van der Waals surface area contributed by atoms with Gasteiger partial charge in [0.25, 0.3) is 0 Å². The molecule has 0 unspecified atom stereocenters. The third-order valence-electron chi connectivity index (χ3n) is 5.00. The van der Waals surface area contributed by atoms with Crippen LogP contribution in [0.4, 0.5) is 11.5 Å². The van der Waals surface area contributed by atoms with Gasteiger partial charge in [-0.15, -0.1) is 24.8 Å². The number of anilines is 2. The minimum Gasteiger partial charge on any atom is -0.497 e. The highest BCUT2D eigenvalue weighted by atomic mass is 127. The standard InChI is InChI=1S/C21H23IN4O2.2ClH/c1-26-9-7-14(8-10-26)28-19-12-15(27-2)11-18-20(19)21(24-13-23-18)25-17-6-4-3-5-16(17)22;;/h3-6,11-14H,7-10H2,1-2H3,(H,23,24,25);2*1H. The van der Waals surface area contributed by atoms with Gasteiger partial charge in [0, 0.05) is 28.8 Å². The highest BCUT2D eigenvalue weighted by Crippen LogP contribution is 2.37. The number of halogens is 3. The van der Waals surface area contributed by atoms with Gasteiger partial charge in [-0.3, -0.25) is 0 Å². The lowest BCUT2D eigenvalue weighted by Gasteiger charge is -2.29. The number of hydrogen-bond donors (Lipinski definition) is 1. The van der Waals surface area contributed by atoms with Crippen LogP contribution in [0.3, 0.4) is 0 Å². The molecule has 0 aliphatic carbocycles. The van der Waals surface area contributed by atoms with Gasteiger partial charge in [-0.25, -0.2) is 9.97 Å². The summed E-state index contributed by atoms with van der Waals surface area (Å²) in [5.41, 5.74) is 1.80. The van der Waals surface area contributed by atoms with E-state index in [-0.39, 0.29) is 30.9 Å². The number of aromatic nitrogens is 2. The number of ether oxygens (including phenoxy) is 2. The van der Waals surface area contributed by atoms with Crippen LogP contribution in [0.5, 0.6) is 11.5 Å². The van der Waals surface area contributed by atoms with E-state index < -0.39 is 0 Å². The van der Waals surface area contributed by atoms with Crippen molar-refractivity contribution in [3.8, 4) is 11.5 Å². The van der Waals surface area contributed by atoms with E-state index in [1.807, 2.05) is 30.3 Å². The second-order valence-corrected chi connectivity index (χ2v) is 8.13. The zero-order valence-electron chi connectivity index (χ0n) is 16.8. The van der Waals surface area contributed by atoms with Gasteiger partial charge >= 0.3 is 0 Å². The van der Waals surface area contributed by atoms with Crippen molar-refractivity contribution in [1.29, 1.82) is 0 Å². The summed E-state index contributed by atoms with van der Waals surface area (Å²) in [6.07, 6.45) is 3.75. The topological polar surface area (TPSA) is 59.5 Å². The molecule has 1 N–H and O–H groups in total. The first kappa shape index (κ1) is 24.7. The smallest absolute Gasteiger partial charge is 0.145 e. The fourth-order valence-electron chi connectivity index (χ4n) is 3.41. The molecule has 9 heteroatoms. The molecule has 4 rings (SSSR count). The van der Waals surface area contributed by atoms with Gasteiger partial charge in [0.15, 0.2) is 0 Å². The largest absolute Gasteiger partial charge is 0.497 e. The molecule has 0 bridgehead atoms. The van der Waals surface area contributed by atoms with Crippen molar-refractivity contribution in [2.75, 3.05) is 32.6 Å². The Kier molecular flexibility index (Phi) is 9.21.